The van der Waals surface area contributed by atoms with E-state index in [0.29, 0.717) is 17.9 Å². The molecule has 0 fully saturated rings. The lowest BCUT2D eigenvalue weighted by molar-refractivity contribution is 0.0746. The SMILES string of the molecule is Cc1cc(/C=C/CO)nn(COCC[Si](C)(C)C)c1=O. The molecule has 0 spiro atoms. The predicted octanol–water partition coefficient (Wildman–Crippen LogP) is 1.87. The number of aromatic nitrogens is 2. The van der Waals surface area contributed by atoms with Crippen LogP contribution >= 0.6 is 0 Å². The van der Waals surface area contributed by atoms with Crippen molar-refractivity contribution < 1.29 is 9.84 Å². The fraction of sp³-hybridized carbons (Fsp3) is 0.571. The minimum Gasteiger partial charge on any atom is -0.392 e. The number of nitrogens with zero attached hydrogens (tertiary/aromatic N) is 2. The first-order chi connectivity index (χ1) is 9.33. The molecule has 0 atom stereocenters. The smallest absolute Gasteiger partial charge is 0.271 e. The summed E-state index contributed by atoms with van der Waals surface area (Å²) < 4.78 is 6.88. The summed E-state index contributed by atoms with van der Waals surface area (Å²) in [5.41, 5.74) is 1.12. The van der Waals surface area contributed by atoms with E-state index in [9.17, 15) is 4.79 Å². The molecule has 6 heteroatoms. The highest BCUT2D eigenvalue weighted by molar-refractivity contribution is 6.76. The van der Waals surface area contributed by atoms with Crippen molar-refractivity contribution in [2.45, 2.75) is 39.3 Å². The van der Waals surface area contributed by atoms with Gasteiger partial charge in [0.15, 0.2) is 0 Å². The fourth-order valence-electron chi connectivity index (χ4n) is 1.57. The fourth-order valence-corrected chi connectivity index (χ4v) is 2.33. The summed E-state index contributed by atoms with van der Waals surface area (Å²) >= 11 is 0. The van der Waals surface area contributed by atoms with Crippen LogP contribution in [-0.4, -0.2) is 36.2 Å². The van der Waals surface area contributed by atoms with Crippen LogP contribution in [0.15, 0.2) is 16.9 Å². The molecule has 0 radical (unpaired) electrons. The van der Waals surface area contributed by atoms with Gasteiger partial charge in [0.25, 0.3) is 5.56 Å². The second-order valence-corrected chi connectivity index (χ2v) is 11.6. The molecule has 0 aliphatic heterocycles. The lowest BCUT2D eigenvalue weighted by Gasteiger charge is -2.15. The monoisotopic (exact) mass is 296 g/mol. The summed E-state index contributed by atoms with van der Waals surface area (Å²) in [5.74, 6) is 0. The van der Waals surface area contributed by atoms with Gasteiger partial charge in [0.2, 0.25) is 0 Å². The lowest BCUT2D eigenvalue weighted by atomic mass is 10.2. The average Bonchev–Trinajstić information content (AvgIpc) is 2.36. The van der Waals surface area contributed by atoms with Gasteiger partial charge in [0, 0.05) is 20.2 Å². The number of hydrogen-bond donors (Lipinski definition) is 1. The Balaban J connectivity index is 2.71. The van der Waals surface area contributed by atoms with Gasteiger partial charge in [-0.2, -0.15) is 5.10 Å². The highest BCUT2D eigenvalue weighted by Crippen LogP contribution is 2.07. The molecule has 0 aliphatic carbocycles. The molecule has 1 aromatic rings. The summed E-state index contributed by atoms with van der Waals surface area (Å²) in [4.78, 5) is 11.9. The van der Waals surface area contributed by atoms with Crippen molar-refractivity contribution in [3.8, 4) is 0 Å². The minimum atomic E-state index is -1.12. The van der Waals surface area contributed by atoms with E-state index in [1.807, 2.05) is 0 Å². The molecule has 20 heavy (non-hydrogen) atoms. The maximum atomic E-state index is 11.9. The van der Waals surface area contributed by atoms with Crippen LogP contribution in [0.4, 0.5) is 0 Å². The van der Waals surface area contributed by atoms with Gasteiger partial charge in [0.1, 0.15) is 6.73 Å². The zero-order valence-corrected chi connectivity index (χ0v) is 13.7. The van der Waals surface area contributed by atoms with Gasteiger partial charge in [-0.1, -0.05) is 25.7 Å². The Bertz CT molecular complexity index is 518. The number of hydrogen-bond acceptors (Lipinski definition) is 4. The highest BCUT2D eigenvalue weighted by Gasteiger charge is 2.12. The van der Waals surface area contributed by atoms with Crippen LogP contribution in [0.5, 0.6) is 0 Å². The normalized spacial score (nSPS) is 12.2. The van der Waals surface area contributed by atoms with Crippen molar-refractivity contribution in [1.82, 2.24) is 9.78 Å². The Morgan fingerprint density at radius 3 is 2.75 bits per heavy atom. The molecule has 0 bridgehead atoms. The summed E-state index contributed by atoms with van der Waals surface area (Å²) in [6, 6.07) is 2.76. The third-order valence-electron chi connectivity index (χ3n) is 2.78. The average molecular weight is 296 g/mol. The molecule has 0 saturated carbocycles. The van der Waals surface area contributed by atoms with Crippen molar-refractivity contribution in [3.05, 3.63) is 33.8 Å². The highest BCUT2D eigenvalue weighted by atomic mass is 28.3. The Labute approximate surface area is 120 Å². The number of aliphatic hydroxyl groups is 1. The molecule has 0 aliphatic rings. The molecular weight excluding hydrogens is 272 g/mol. The van der Waals surface area contributed by atoms with Crippen molar-refractivity contribution in [2.24, 2.45) is 0 Å². The van der Waals surface area contributed by atoms with Crippen LogP contribution in [0.1, 0.15) is 11.3 Å². The van der Waals surface area contributed by atoms with E-state index in [1.54, 1.807) is 25.1 Å². The molecule has 0 unspecified atom stereocenters. The number of aryl methyl sites for hydroxylation is 1. The Kier molecular flexibility index (Phi) is 6.32. The van der Waals surface area contributed by atoms with Crippen LogP contribution in [0.2, 0.25) is 25.7 Å². The lowest BCUT2D eigenvalue weighted by Crippen LogP contribution is -2.28. The predicted molar refractivity (Wildman–Crippen MR) is 83.5 cm³/mol. The molecule has 1 rings (SSSR count). The third kappa shape index (κ3) is 5.81. The van der Waals surface area contributed by atoms with Crippen LogP contribution in [0.3, 0.4) is 0 Å². The minimum absolute atomic E-state index is 0.0490. The summed E-state index contributed by atoms with van der Waals surface area (Å²) in [6.07, 6.45) is 3.27. The molecule has 0 amide bonds. The van der Waals surface area contributed by atoms with E-state index in [2.05, 4.69) is 24.7 Å². The van der Waals surface area contributed by atoms with Gasteiger partial charge in [-0.3, -0.25) is 4.79 Å². The summed E-state index contributed by atoms with van der Waals surface area (Å²) in [5, 5.41) is 13.0. The molecule has 1 N–H and O–H groups in total. The Morgan fingerprint density at radius 1 is 1.45 bits per heavy atom. The standard InChI is InChI=1S/C14H24N2O3Si/c1-12-10-13(6-5-7-17)15-16(14(12)18)11-19-8-9-20(2,3)4/h5-6,10,17H,7-9,11H2,1-4H3/b6-5+. The molecule has 5 nitrogen and oxygen atoms in total. The van der Waals surface area contributed by atoms with Crippen molar-refractivity contribution in [1.29, 1.82) is 0 Å². The second-order valence-electron chi connectivity index (χ2n) is 5.99. The Hall–Kier alpha value is -1.24. The molecule has 0 saturated heterocycles. The van der Waals surface area contributed by atoms with E-state index in [1.165, 1.54) is 4.68 Å². The van der Waals surface area contributed by atoms with Crippen molar-refractivity contribution >= 4 is 14.1 Å². The maximum absolute atomic E-state index is 11.9. The van der Waals surface area contributed by atoms with Crippen molar-refractivity contribution in [2.75, 3.05) is 13.2 Å². The summed E-state index contributed by atoms with van der Waals surface area (Å²) in [7, 11) is -1.12. The first kappa shape index (κ1) is 16.8. The number of ether oxygens (including phenoxy) is 1. The van der Waals surface area contributed by atoms with Gasteiger partial charge < -0.3 is 9.84 Å². The van der Waals surface area contributed by atoms with Gasteiger partial charge in [-0.05, 0) is 25.1 Å². The molecular formula is C14H24N2O3Si. The van der Waals surface area contributed by atoms with Crippen molar-refractivity contribution in [3.63, 3.8) is 0 Å². The summed E-state index contributed by atoms with van der Waals surface area (Å²) in [6.45, 7) is 9.37. The quantitative estimate of drug-likeness (QED) is 0.616. The van der Waals surface area contributed by atoms with Crippen LogP contribution in [-0.2, 0) is 11.5 Å². The maximum Gasteiger partial charge on any atom is 0.271 e. The first-order valence-corrected chi connectivity index (χ1v) is 10.5. The zero-order chi connectivity index (χ0) is 15.2. The van der Waals surface area contributed by atoms with E-state index in [4.69, 9.17) is 9.84 Å². The van der Waals surface area contributed by atoms with Crippen LogP contribution in [0, 0.1) is 6.92 Å². The molecule has 112 valence electrons. The van der Waals surface area contributed by atoms with E-state index in [-0.39, 0.29) is 18.9 Å². The molecule has 1 aromatic heterocycles. The third-order valence-corrected chi connectivity index (χ3v) is 4.48. The second kappa shape index (κ2) is 7.52. The first-order valence-electron chi connectivity index (χ1n) is 6.77. The van der Waals surface area contributed by atoms with Gasteiger partial charge in [0.05, 0.1) is 12.3 Å². The molecule has 1 heterocycles. The Morgan fingerprint density at radius 2 is 2.15 bits per heavy atom. The van der Waals surface area contributed by atoms with Crippen LogP contribution < -0.4 is 5.56 Å². The van der Waals surface area contributed by atoms with Gasteiger partial charge in [-0.15, -0.1) is 0 Å². The number of rotatable bonds is 7. The number of aliphatic hydroxyl groups excluding tert-OH is 1. The molecule has 0 aromatic carbocycles. The zero-order valence-electron chi connectivity index (χ0n) is 12.7. The largest absolute Gasteiger partial charge is 0.392 e. The van der Waals surface area contributed by atoms with Gasteiger partial charge >= 0.3 is 0 Å². The van der Waals surface area contributed by atoms with E-state index in [0.717, 1.165) is 6.04 Å². The van der Waals surface area contributed by atoms with Gasteiger partial charge in [-0.25, -0.2) is 4.68 Å². The topological polar surface area (TPSA) is 64.3 Å². The van der Waals surface area contributed by atoms with E-state index < -0.39 is 8.07 Å². The van der Waals surface area contributed by atoms with Crippen LogP contribution in [0.25, 0.3) is 6.08 Å². The van der Waals surface area contributed by atoms with E-state index >= 15 is 0 Å².